The van der Waals surface area contributed by atoms with Crippen molar-refractivity contribution < 1.29 is 29.5 Å². The third kappa shape index (κ3) is 3.55. The van der Waals surface area contributed by atoms with Crippen molar-refractivity contribution in [3.63, 3.8) is 0 Å². The highest BCUT2D eigenvalue weighted by molar-refractivity contribution is 6.29. The van der Waals surface area contributed by atoms with Gasteiger partial charge in [-0.2, -0.15) is 0 Å². The molecule has 0 saturated heterocycles. The Kier molecular flexibility index (Phi) is 5.37. The van der Waals surface area contributed by atoms with Crippen LogP contribution in [0.3, 0.4) is 0 Å². The summed E-state index contributed by atoms with van der Waals surface area (Å²) in [5.41, 5.74) is 1.01. The molecule has 3 rings (SSSR count). The van der Waals surface area contributed by atoms with Gasteiger partial charge in [-0.05, 0) is 24.6 Å². The van der Waals surface area contributed by atoms with Crippen molar-refractivity contribution >= 4 is 35.0 Å². The van der Waals surface area contributed by atoms with Crippen LogP contribution in [0.5, 0.6) is 0 Å². The minimum absolute atomic E-state index is 0.0171. The van der Waals surface area contributed by atoms with Gasteiger partial charge in [0.05, 0.1) is 10.5 Å². The molecule has 134 valence electrons. The Morgan fingerprint density at radius 3 is 2.23 bits per heavy atom. The molecule has 0 bridgehead atoms. The first-order valence-electron chi connectivity index (χ1n) is 7.21. The van der Waals surface area contributed by atoms with Crippen LogP contribution >= 0.6 is 11.6 Å². The van der Waals surface area contributed by atoms with Crippen LogP contribution in [-0.4, -0.2) is 38.2 Å². The number of nitrogens with zero attached hydrogens (tertiary/aromatic N) is 1. The van der Waals surface area contributed by atoms with Gasteiger partial charge in [-0.15, -0.1) is 11.6 Å². The monoisotopic (exact) mass is 377 g/mol. The number of non-ortho nitro benzene ring substituents is 1. The van der Waals surface area contributed by atoms with Gasteiger partial charge in [0.15, 0.2) is 5.78 Å². The zero-order valence-corrected chi connectivity index (χ0v) is 14.1. The quantitative estimate of drug-likeness (QED) is 0.406. The highest BCUT2D eigenvalue weighted by Crippen LogP contribution is 2.40. The highest BCUT2D eigenvalue weighted by atomic mass is 35.5. The number of alkyl halides is 1. The smallest absolute Gasteiger partial charge is 0.336 e. The molecule has 0 radical (unpaired) electrons. The number of halogens is 1. The second-order valence-electron chi connectivity index (χ2n) is 5.30. The van der Waals surface area contributed by atoms with Crippen LogP contribution in [0.25, 0.3) is 11.1 Å². The minimum atomic E-state index is -1.14. The molecule has 8 nitrogen and oxygen atoms in total. The molecule has 0 fully saturated rings. The second-order valence-corrected chi connectivity index (χ2v) is 5.96. The summed E-state index contributed by atoms with van der Waals surface area (Å²) in [4.78, 5) is 43.2. The Morgan fingerprint density at radius 2 is 1.73 bits per heavy atom. The molecule has 0 spiro atoms. The zero-order chi connectivity index (χ0) is 19.6. The Hall–Kier alpha value is -3.26. The average Bonchev–Trinajstić information content (AvgIpc) is 2.87. The number of ketones is 1. The van der Waals surface area contributed by atoms with Crippen LogP contribution < -0.4 is 0 Å². The van der Waals surface area contributed by atoms with Gasteiger partial charge < -0.3 is 10.2 Å². The first-order valence-corrected chi connectivity index (χ1v) is 7.65. The number of hydrogen-bond acceptors (Lipinski definition) is 5. The number of rotatable bonds is 3. The fourth-order valence-electron chi connectivity index (χ4n) is 2.41. The standard InChI is InChI=1S/C14H7NO5.C3H5ClO2/c16-13-9-2-1-3-10(14(17)18)12(9)8-5-4-7(15(19)20)6-11(8)13;1-2(4)3(5)6/h1-6H,(H,17,18);2H,1H3,(H,5,6)/t;2-/m.0/s1. The lowest BCUT2D eigenvalue weighted by molar-refractivity contribution is -0.384. The second kappa shape index (κ2) is 7.32. The Balaban J connectivity index is 0.000000352. The lowest BCUT2D eigenvalue weighted by atomic mass is 9.99. The number of benzene rings is 2. The molecule has 1 aliphatic rings. The van der Waals surface area contributed by atoms with Crippen LogP contribution in [0.4, 0.5) is 5.69 Å². The van der Waals surface area contributed by atoms with Crippen molar-refractivity contribution in [1.82, 2.24) is 0 Å². The van der Waals surface area contributed by atoms with E-state index >= 15 is 0 Å². The third-order valence-corrected chi connectivity index (χ3v) is 3.79. The molecule has 0 heterocycles. The summed E-state index contributed by atoms with van der Waals surface area (Å²) in [5, 5.41) is 27.0. The van der Waals surface area contributed by atoms with Crippen molar-refractivity contribution in [2.45, 2.75) is 12.3 Å². The Bertz CT molecular complexity index is 937. The zero-order valence-electron chi connectivity index (χ0n) is 13.3. The summed E-state index contributed by atoms with van der Waals surface area (Å²) in [5.74, 6) is -2.50. The maximum absolute atomic E-state index is 12.2. The van der Waals surface area contributed by atoms with Gasteiger partial charge >= 0.3 is 11.9 Å². The summed E-state index contributed by atoms with van der Waals surface area (Å²) in [6.45, 7) is 1.41. The number of carboxylic acid groups (broad SMARTS) is 2. The molecule has 0 unspecified atom stereocenters. The van der Waals surface area contributed by atoms with Crippen molar-refractivity contribution in [3.05, 3.63) is 63.2 Å². The summed E-state index contributed by atoms with van der Waals surface area (Å²) in [6, 6.07) is 8.29. The molecule has 2 aromatic rings. The van der Waals surface area contributed by atoms with Gasteiger partial charge in [-0.25, -0.2) is 4.79 Å². The predicted molar refractivity (Wildman–Crippen MR) is 91.9 cm³/mol. The molecule has 1 aliphatic carbocycles. The predicted octanol–water partition coefficient (Wildman–Crippen LogP) is 3.20. The van der Waals surface area contributed by atoms with E-state index in [2.05, 4.69) is 0 Å². The maximum atomic E-state index is 12.2. The number of aliphatic carboxylic acids is 1. The van der Waals surface area contributed by atoms with Crippen LogP contribution in [0.2, 0.25) is 0 Å². The molecule has 26 heavy (non-hydrogen) atoms. The largest absolute Gasteiger partial charge is 0.480 e. The van der Waals surface area contributed by atoms with Crippen LogP contribution in [0.15, 0.2) is 36.4 Å². The van der Waals surface area contributed by atoms with E-state index in [1.807, 2.05) is 0 Å². The van der Waals surface area contributed by atoms with Gasteiger partial charge in [0, 0.05) is 28.8 Å². The number of nitro groups is 1. The molecule has 2 aromatic carbocycles. The fourth-order valence-corrected chi connectivity index (χ4v) is 2.41. The molecule has 1 atom stereocenters. The molecular formula is C17H12ClNO7. The van der Waals surface area contributed by atoms with Gasteiger partial charge in [0.2, 0.25) is 0 Å². The van der Waals surface area contributed by atoms with E-state index in [4.69, 9.17) is 16.7 Å². The Labute approximate surface area is 151 Å². The number of hydrogen-bond donors (Lipinski definition) is 2. The van der Waals surface area contributed by atoms with E-state index in [1.54, 1.807) is 0 Å². The molecule has 0 amide bonds. The number of carbonyl (C=O) groups excluding carboxylic acids is 1. The van der Waals surface area contributed by atoms with Gasteiger partial charge in [0.1, 0.15) is 5.38 Å². The van der Waals surface area contributed by atoms with Crippen LogP contribution in [0.1, 0.15) is 33.2 Å². The number of aromatic carboxylic acids is 1. The minimum Gasteiger partial charge on any atom is -0.480 e. The third-order valence-electron chi connectivity index (χ3n) is 3.61. The SMILES string of the molecule is C[C@H](Cl)C(=O)O.O=C(O)c1cccc2c1-c1ccc([N+](=O)[O-])cc1C2=O. The van der Waals surface area contributed by atoms with Crippen molar-refractivity contribution in [1.29, 1.82) is 0 Å². The lowest BCUT2D eigenvalue weighted by Gasteiger charge is -2.04. The van der Waals surface area contributed by atoms with Crippen molar-refractivity contribution in [2.75, 3.05) is 0 Å². The number of fused-ring (bicyclic) bond motifs is 3. The van der Waals surface area contributed by atoms with E-state index in [9.17, 15) is 29.6 Å². The lowest BCUT2D eigenvalue weighted by Crippen LogP contribution is -2.06. The molecule has 0 aromatic heterocycles. The summed E-state index contributed by atoms with van der Waals surface area (Å²) >= 11 is 5.01. The number of nitro benzene ring substituents is 1. The van der Waals surface area contributed by atoms with E-state index in [0.717, 1.165) is 0 Å². The average molecular weight is 378 g/mol. The number of carboxylic acids is 2. The van der Waals surface area contributed by atoms with Crippen molar-refractivity contribution in [3.8, 4) is 11.1 Å². The van der Waals surface area contributed by atoms with Gasteiger partial charge in [-0.3, -0.25) is 19.7 Å². The molecule has 2 N–H and O–H groups in total. The Morgan fingerprint density at radius 1 is 1.12 bits per heavy atom. The van der Waals surface area contributed by atoms with E-state index in [1.165, 1.54) is 43.3 Å². The first kappa shape index (κ1) is 19.1. The molecule has 0 aliphatic heterocycles. The topological polar surface area (TPSA) is 135 Å². The fraction of sp³-hybridized carbons (Fsp3) is 0.118. The summed E-state index contributed by atoms with van der Waals surface area (Å²) in [6.07, 6.45) is 0. The maximum Gasteiger partial charge on any atom is 0.336 e. The normalized spacial score (nSPS) is 12.3. The molecule has 9 heteroatoms. The summed E-state index contributed by atoms with van der Waals surface area (Å²) < 4.78 is 0. The molecule has 0 saturated carbocycles. The van der Waals surface area contributed by atoms with Crippen LogP contribution in [-0.2, 0) is 4.79 Å². The number of carbonyl (C=O) groups is 3. The van der Waals surface area contributed by atoms with Gasteiger partial charge in [-0.1, -0.05) is 12.1 Å². The van der Waals surface area contributed by atoms with Crippen LogP contribution in [0, 0.1) is 10.1 Å². The summed E-state index contributed by atoms with van der Waals surface area (Å²) in [7, 11) is 0. The first-order chi connectivity index (χ1) is 12.1. The van der Waals surface area contributed by atoms with Crippen molar-refractivity contribution in [2.24, 2.45) is 0 Å². The van der Waals surface area contributed by atoms with E-state index < -0.39 is 22.2 Å². The molecular weight excluding hydrogens is 366 g/mol. The van der Waals surface area contributed by atoms with E-state index in [-0.39, 0.29) is 28.2 Å². The highest BCUT2D eigenvalue weighted by Gasteiger charge is 2.31. The van der Waals surface area contributed by atoms with E-state index in [0.29, 0.717) is 11.1 Å². The van der Waals surface area contributed by atoms with Gasteiger partial charge in [0.25, 0.3) is 5.69 Å².